The van der Waals surface area contributed by atoms with Gasteiger partial charge in [-0.2, -0.15) is 4.58 Å². The molecule has 0 radical (unpaired) electrons. The lowest BCUT2D eigenvalue weighted by Crippen LogP contribution is -2.34. The van der Waals surface area contributed by atoms with Crippen LogP contribution >= 0.6 is 23.2 Å². The van der Waals surface area contributed by atoms with Crippen LogP contribution in [0.15, 0.2) is 82.1 Å². The quantitative estimate of drug-likeness (QED) is 0.326. The standard InChI is InChI=1S/C36H39Cl2N2/c1-22-23(18-25-8-6-16-39-31-14-12-27(37)20-29(31)35(2,3)33(25)39)10-11-24(22)19-26-9-7-17-40-32-15-13-28(38)21-30(32)36(4,5)34(26)40/h12-15,18-21H,6-11,16-17H2,1-5H3/q+1. The third-order valence-electron chi connectivity index (χ3n) is 10.2. The molecule has 206 valence electrons. The highest BCUT2D eigenvalue weighted by atomic mass is 35.5. The van der Waals surface area contributed by atoms with Crippen LogP contribution in [0.1, 0.15) is 84.3 Å². The molecule has 4 aliphatic heterocycles. The Morgan fingerprint density at radius 1 is 0.775 bits per heavy atom. The lowest BCUT2D eigenvalue weighted by atomic mass is 9.77. The number of rotatable bonds is 2. The molecule has 0 atom stereocenters. The Kier molecular flexibility index (Phi) is 6.08. The molecule has 40 heavy (non-hydrogen) atoms. The monoisotopic (exact) mass is 569 g/mol. The van der Waals surface area contributed by atoms with Gasteiger partial charge in [0, 0.05) is 57.0 Å². The molecule has 0 N–H and O–H groups in total. The van der Waals surface area contributed by atoms with Gasteiger partial charge in [-0.25, -0.2) is 0 Å². The molecular weight excluding hydrogens is 531 g/mol. The molecule has 0 aromatic heterocycles. The van der Waals surface area contributed by atoms with Crippen LogP contribution in [-0.4, -0.2) is 23.4 Å². The summed E-state index contributed by atoms with van der Waals surface area (Å²) in [5, 5.41) is 1.66. The van der Waals surface area contributed by atoms with Crippen LogP contribution in [0.2, 0.25) is 10.0 Å². The summed E-state index contributed by atoms with van der Waals surface area (Å²) in [4.78, 5) is 2.57. The highest BCUT2D eigenvalue weighted by molar-refractivity contribution is 6.31. The Hall–Kier alpha value is -2.55. The zero-order valence-corrected chi connectivity index (χ0v) is 25.9. The Balaban J connectivity index is 1.27. The first-order valence-electron chi connectivity index (χ1n) is 14.9. The number of hydrogen-bond acceptors (Lipinski definition) is 1. The van der Waals surface area contributed by atoms with Gasteiger partial charge in [0.25, 0.3) is 0 Å². The Bertz CT molecular complexity index is 1630. The van der Waals surface area contributed by atoms with E-state index in [9.17, 15) is 0 Å². The summed E-state index contributed by atoms with van der Waals surface area (Å²) in [7, 11) is 0. The van der Waals surface area contributed by atoms with Crippen molar-refractivity contribution < 1.29 is 4.58 Å². The van der Waals surface area contributed by atoms with Crippen molar-refractivity contribution in [3.63, 3.8) is 0 Å². The Labute approximate surface area is 249 Å². The van der Waals surface area contributed by atoms with Gasteiger partial charge < -0.3 is 4.90 Å². The minimum atomic E-state index is -0.0395. The van der Waals surface area contributed by atoms with E-state index in [1.165, 1.54) is 74.6 Å². The minimum absolute atomic E-state index is 0.0395. The van der Waals surface area contributed by atoms with E-state index in [0.717, 1.165) is 48.8 Å². The highest BCUT2D eigenvalue weighted by Gasteiger charge is 2.49. The van der Waals surface area contributed by atoms with E-state index in [1.54, 1.807) is 0 Å². The van der Waals surface area contributed by atoms with Crippen LogP contribution in [0.4, 0.5) is 11.4 Å². The van der Waals surface area contributed by atoms with Gasteiger partial charge in [0.05, 0.1) is 5.41 Å². The fraction of sp³-hybridized carbons (Fsp3) is 0.417. The molecule has 2 aromatic rings. The second kappa shape index (κ2) is 9.23. The van der Waals surface area contributed by atoms with Crippen LogP contribution < -0.4 is 4.90 Å². The number of halogens is 2. The molecule has 7 rings (SSSR count). The van der Waals surface area contributed by atoms with Crippen molar-refractivity contribution in [1.82, 2.24) is 0 Å². The van der Waals surface area contributed by atoms with Crippen LogP contribution in [0.25, 0.3) is 0 Å². The molecule has 0 unspecified atom stereocenters. The molecule has 2 aromatic carbocycles. The second-order valence-electron chi connectivity index (χ2n) is 13.3. The summed E-state index contributed by atoms with van der Waals surface area (Å²) < 4.78 is 2.57. The SMILES string of the molecule is CC1=C(/C=C2\CCC[N+]3=C2C(C)(C)c2cc(Cl)ccc23)CC/C1=C/C1=C2N(CCC1)c1ccc(Cl)cc1C2(C)C. The van der Waals surface area contributed by atoms with E-state index in [0.29, 0.717) is 0 Å². The number of anilines is 1. The summed E-state index contributed by atoms with van der Waals surface area (Å²) in [5.74, 6) is 0. The molecular formula is C36H39Cl2N2+. The van der Waals surface area contributed by atoms with Crippen molar-refractivity contribution in [1.29, 1.82) is 0 Å². The van der Waals surface area contributed by atoms with Gasteiger partial charge in [0.1, 0.15) is 6.54 Å². The second-order valence-corrected chi connectivity index (χ2v) is 14.2. The van der Waals surface area contributed by atoms with Crippen molar-refractivity contribution in [2.45, 2.75) is 84.0 Å². The molecule has 4 heteroatoms. The smallest absolute Gasteiger partial charge is 0.209 e. The zero-order chi connectivity index (χ0) is 28.0. The predicted molar refractivity (Wildman–Crippen MR) is 170 cm³/mol. The van der Waals surface area contributed by atoms with Crippen molar-refractivity contribution in [3.05, 3.63) is 103 Å². The largest absolute Gasteiger partial charge is 0.344 e. The summed E-state index contributed by atoms with van der Waals surface area (Å²) in [6.45, 7) is 14.0. The Morgan fingerprint density at radius 2 is 1.50 bits per heavy atom. The Morgan fingerprint density at radius 3 is 2.30 bits per heavy atom. The molecule has 4 heterocycles. The topological polar surface area (TPSA) is 6.25 Å². The molecule has 0 saturated heterocycles. The number of fused-ring (bicyclic) bond motifs is 5. The van der Waals surface area contributed by atoms with Gasteiger partial charge >= 0.3 is 0 Å². The van der Waals surface area contributed by atoms with Gasteiger partial charge in [-0.3, -0.25) is 0 Å². The summed E-state index contributed by atoms with van der Waals surface area (Å²) in [5.41, 5.74) is 15.8. The molecule has 0 amide bonds. The average molecular weight is 571 g/mol. The number of benzene rings is 2. The predicted octanol–water partition coefficient (Wildman–Crippen LogP) is 9.97. The van der Waals surface area contributed by atoms with Gasteiger partial charge in [0.2, 0.25) is 5.69 Å². The first-order chi connectivity index (χ1) is 19.1. The first kappa shape index (κ1) is 26.4. The van der Waals surface area contributed by atoms with E-state index in [4.69, 9.17) is 23.2 Å². The molecule has 1 aliphatic carbocycles. The maximum Gasteiger partial charge on any atom is 0.209 e. The summed E-state index contributed by atoms with van der Waals surface area (Å²) >= 11 is 12.9. The van der Waals surface area contributed by atoms with E-state index in [-0.39, 0.29) is 10.8 Å². The third kappa shape index (κ3) is 3.86. The molecule has 2 nitrogen and oxygen atoms in total. The van der Waals surface area contributed by atoms with Crippen molar-refractivity contribution in [2.24, 2.45) is 0 Å². The molecule has 0 saturated carbocycles. The van der Waals surface area contributed by atoms with Crippen molar-refractivity contribution >= 4 is 40.3 Å². The normalized spacial score (nSPS) is 24.7. The van der Waals surface area contributed by atoms with Crippen LogP contribution in [0.5, 0.6) is 0 Å². The lowest BCUT2D eigenvalue weighted by molar-refractivity contribution is -0.441. The average Bonchev–Trinajstić information content (AvgIpc) is 3.46. The minimum Gasteiger partial charge on any atom is -0.344 e. The van der Waals surface area contributed by atoms with Gasteiger partial charge in [-0.05, 0) is 117 Å². The van der Waals surface area contributed by atoms with E-state index >= 15 is 0 Å². The van der Waals surface area contributed by atoms with E-state index < -0.39 is 0 Å². The van der Waals surface area contributed by atoms with Crippen LogP contribution in [0, 0.1) is 0 Å². The molecule has 0 spiro atoms. The number of allylic oxidation sites excluding steroid dienone is 8. The molecule has 5 aliphatic rings. The maximum atomic E-state index is 6.45. The van der Waals surface area contributed by atoms with Crippen LogP contribution in [-0.2, 0) is 10.8 Å². The fourth-order valence-electron chi connectivity index (χ4n) is 8.28. The van der Waals surface area contributed by atoms with Crippen molar-refractivity contribution in [3.8, 4) is 0 Å². The number of nitrogens with zero attached hydrogens (tertiary/aromatic N) is 2. The zero-order valence-electron chi connectivity index (χ0n) is 24.4. The third-order valence-corrected chi connectivity index (χ3v) is 10.6. The van der Waals surface area contributed by atoms with E-state index in [2.05, 4.69) is 80.5 Å². The van der Waals surface area contributed by atoms with Crippen molar-refractivity contribution in [2.75, 3.05) is 18.0 Å². The first-order valence-corrected chi connectivity index (χ1v) is 15.7. The van der Waals surface area contributed by atoms with Crippen LogP contribution in [0.3, 0.4) is 0 Å². The fourth-order valence-corrected chi connectivity index (χ4v) is 8.62. The van der Waals surface area contributed by atoms with Gasteiger partial charge in [-0.15, -0.1) is 0 Å². The van der Waals surface area contributed by atoms with Gasteiger partial charge in [0.15, 0.2) is 5.71 Å². The molecule has 0 fully saturated rings. The molecule has 0 bridgehead atoms. The van der Waals surface area contributed by atoms with E-state index in [1.807, 2.05) is 12.1 Å². The van der Waals surface area contributed by atoms with Gasteiger partial charge in [-0.1, -0.05) is 43.1 Å². The highest BCUT2D eigenvalue weighted by Crippen LogP contribution is 2.52. The maximum absolute atomic E-state index is 6.45. The number of hydrogen-bond donors (Lipinski definition) is 0. The lowest BCUT2D eigenvalue weighted by Gasteiger charge is -2.33. The summed E-state index contributed by atoms with van der Waals surface area (Å²) in [6.07, 6.45) is 12.0. The summed E-state index contributed by atoms with van der Waals surface area (Å²) in [6, 6.07) is 12.9.